The van der Waals surface area contributed by atoms with Crippen molar-refractivity contribution in [3.63, 3.8) is 0 Å². The normalized spacial score (nSPS) is 60.8. The third kappa shape index (κ3) is 0.500. The lowest BCUT2D eigenvalue weighted by atomic mass is 10.2. The van der Waals surface area contributed by atoms with Gasteiger partial charge in [0.05, 0.1) is 0 Å². The van der Waals surface area contributed by atoms with E-state index >= 15 is 0 Å². The van der Waals surface area contributed by atoms with E-state index in [0.29, 0.717) is 11.8 Å². The van der Waals surface area contributed by atoms with Gasteiger partial charge in [-0.25, -0.2) is 4.39 Å². The second-order valence-electron chi connectivity index (χ2n) is 2.82. The summed E-state index contributed by atoms with van der Waals surface area (Å²) in [5.74, 6) is 0.895. The molecular weight excluding hydrogens is 218 g/mol. The molecule has 0 N–H and O–H groups in total. The monoisotopic (exact) mass is 226 g/mol. The lowest BCUT2D eigenvalue weighted by Crippen LogP contribution is -1.95. The van der Waals surface area contributed by atoms with E-state index < -0.39 is 3.68 Å². The van der Waals surface area contributed by atoms with Crippen LogP contribution in [0.3, 0.4) is 0 Å². The van der Waals surface area contributed by atoms with Crippen LogP contribution in [0, 0.1) is 11.8 Å². The van der Waals surface area contributed by atoms with Crippen molar-refractivity contribution in [3.8, 4) is 0 Å². The van der Waals surface area contributed by atoms with E-state index in [2.05, 4.69) is 0 Å². The fourth-order valence-electron chi connectivity index (χ4n) is 1.81. The second kappa shape index (κ2) is 1.39. The number of rotatable bonds is 0. The first kappa shape index (κ1) is 5.45. The van der Waals surface area contributed by atoms with E-state index in [0.717, 1.165) is 12.8 Å². The molecule has 0 spiro atoms. The molecule has 0 aromatic heterocycles. The van der Waals surface area contributed by atoms with Gasteiger partial charge in [-0.1, -0.05) is 6.42 Å². The standard InChI is InChI=1S/C6H8FI/c7-6(8)4-2-1-3-5(4)6/h4-5H,1-3H2/t4-,5?,6?/m0/s1. The zero-order chi connectivity index (χ0) is 5.78. The Hall–Kier alpha value is 0.660. The summed E-state index contributed by atoms with van der Waals surface area (Å²) in [6.45, 7) is 0. The van der Waals surface area contributed by atoms with Crippen molar-refractivity contribution in [2.24, 2.45) is 11.8 Å². The Balaban J connectivity index is 2.13. The minimum Gasteiger partial charge on any atom is -0.232 e. The van der Waals surface area contributed by atoms with Gasteiger partial charge in [0.1, 0.15) is 0 Å². The zero-order valence-corrected chi connectivity index (χ0v) is 6.69. The first-order valence-corrected chi connectivity index (χ1v) is 4.18. The molecule has 0 amide bonds. The molecule has 46 valence electrons. The molecule has 0 bridgehead atoms. The summed E-state index contributed by atoms with van der Waals surface area (Å²) in [5.41, 5.74) is 0. The molecular formula is C6H8FI. The fraction of sp³-hybridized carbons (Fsp3) is 1.00. The third-order valence-electron chi connectivity index (χ3n) is 2.40. The molecule has 2 aliphatic rings. The van der Waals surface area contributed by atoms with Crippen LogP contribution < -0.4 is 0 Å². The Morgan fingerprint density at radius 1 is 1.38 bits per heavy atom. The smallest absolute Gasteiger partial charge is 0.167 e. The molecule has 2 unspecified atom stereocenters. The Kier molecular flexibility index (Phi) is 0.943. The lowest BCUT2D eigenvalue weighted by Gasteiger charge is -1.98. The van der Waals surface area contributed by atoms with Crippen molar-refractivity contribution in [2.45, 2.75) is 22.9 Å². The quantitative estimate of drug-likeness (QED) is 0.439. The van der Waals surface area contributed by atoms with Gasteiger partial charge < -0.3 is 0 Å². The molecule has 2 fully saturated rings. The third-order valence-corrected chi connectivity index (χ3v) is 4.00. The molecule has 0 aromatic carbocycles. The van der Waals surface area contributed by atoms with Crippen LogP contribution in [0.5, 0.6) is 0 Å². The van der Waals surface area contributed by atoms with Crippen molar-refractivity contribution in [1.29, 1.82) is 0 Å². The van der Waals surface area contributed by atoms with E-state index in [1.807, 2.05) is 22.6 Å². The molecule has 0 saturated heterocycles. The summed E-state index contributed by atoms with van der Waals surface area (Å²) in [5, 5.41) is 0. The molecule has 2 aliphatic carbocycles. The molecule has 0 radical (unpaired) electrons. The summed E-state index contributed by atoms with van der Waals surface area (Å²) >= 11 is 1.96. The van der Waals surface area contributed by atoms with Crippen LogP contribution >= 0.6 is 22.6 Å². The number of fused-ring (bicyclic) bond motifs is 1. The summed E-state index contributed by atoms with van der Waals surface area (Å²) in [6.07, 6.45) is 3.55. The van der Waals surface area contributed by atoms with Crippen LogP contribution in [0.1, 0.15) is 19.3 Å². The van der Waals surface area contributed by atoms with Crippen LogP contribution in [0.25, 0.3) is 0 Å². The SMILES string of the molecule is FC1(I)C2CCC[C@@H]21. The first-order chi connectivity index (χ1) is 3.73. The van der Waals surface area contributed by atoms with Gasteiger partial charge in [0.15, 0.2) is 3.68 Å². The van der Waals surface area contributed by atoms with Crippen molar-refractivity contribution in [3.05, 3.63) is 0 Å². The lowest BCUT2D eigenvalue weighted by molar-refractivity contribution is 0.380. The van der Waals surface area contributed by atoms with Gasteiger partial charge in [0, 0.05) is 11.8 Å². The maximum Gasteiger partial charge on any atom is 0.167 e. The fourth-order valence-corrected chi connectivity index (χ4v) is 3.12. The number of alkyl halides is 2. The molecule has 0 aliphatic heterocycles. The predicted octanol–water partition coefficient (Wildman–Crippen LogP) is 2.52. The van der Waals surface area contributed by atoms with Crippen molar-refractivity contribution in [1.82, 2.24) is 0 Å². The van der Waals surface area contributed by atoms with E-state index in [1.54, 1.807) is 0 Å². The van der Waals surface area contributed by atoms with Crippen LogP contribution in [-0.2, 0) is 0 Å². The Morgan fingerprint density at radius 3 is 2.12 bits per heavy atom. The molecule has 0 heterocycles. The van der Waals surface area contributed by atoms with Crippen LogP contribution in [0.2, 0.25) is 0 Å². The number of hydrogen-bond donors (Lipinski definition) is 0. The minimum atomic E-state index is -0.768. The number of halogens is 2. The van der Waals surface area contributed by atoms with Gasteiger partial charge in [-0.3, -0.25) is 0 Å². The minimum absolute atomic E-state index is 0.447. The topological polar surface area (TPSA) is 0 Å². The highest BCUT2D eigenvalue weighted by atomic mass is 127. The maximum absolute atomic E-state index is 12.9. The maximum atomic E-state index is 12.9. The highest BCUT2D eigenvalue weighted by molar-refractivity contribution is 14.1. The number of hydrogen-bond acceptors (Lipinski definition) is 0. The van der Waals surface area contributed by atoms with Gasteiger partial charge in [-0.05, 0) is 35.4 Å². The van der Waals surface area contributed by atoms with Gasteiger partial charge in [-0.15, -0.1) is 0 Å². The summed E-state index contributed by atoms with van der Waals surface area (Å²) < 4.78 is 12.1. The molecule has 2 saturated carbocycles. The van der Waals surface area contributed by atoms with Gasteiger partial charge in [0.2, 0.25) is 0 Å². The van der Waals surface area contributed by atoms with E-state index in [4.69, 9.17) is 0 Å². The molecule has 0 aromatic rings. The molecule has 0 nitrogen and oxygen atoms in total. The molecule has 2 heteroatoms. The van der Waals surface area contributed by atoms with E-state index in [-0.39, 0.29) is 0 Å². The van der Waals surface area contributed by atoms with E-state index in [1.165, 1.54) is 6.42 Å². The Morgan fingerprint density at radius 2 is 1.88 bits per heavy atom. The van der Waals surface area contributed by atoms with Crippen molar-refractivity contribution in [2.75, 3.05) is 0 Å². The Bertz CT molecular complexity index is 110. The zero-order valence-electron chi connectivity index (χ0n) is 4.53. The molecule has 3 atom stereocenters. The summed E-state index contributed by atoms with van der Waals surface area (Å²) in [7, 11) is 0. The van der Waals surface area contributed by atoms with Crippen LogP contribution in [0.4, 0.5) is 4.39 Å². The predicted molar refractivity (Wildman–Crippen MR) is 38.7 cm³/mol. The summed E-state index contributed by atoms with van der Waals surface area (Å²) in [6, 6.07) is 0. The average molecular weight is 226 g/mol. The highest BCUT2D eigenvalue weighted by Gasteiger charge is 2.66. The largest absolute Gasteiger partial charge is 0.232 e. The van der Waals surface area contributed by atoms with Crippen LogP contribution in [-0.4, -0.2) is 3.68 Å². The van der Waals surface area contributed by atoms with Crippen molar-refractivity contribution >= 4 is 22.6 Å². The van der Waals surface area contributed by atoms with Gasteiger partial charge in [-0.2, -0.15) is 0 Å². The highest BCUT2D eigenvalue weighted by Crippen LogP contribution is 2.66. The van der Waals surface area contributed by atoms with Crippen molar-refractivity contribution < 1.29 is 4.39 Å². The van der Waals surface area contributed by atoms with Gasteiger partial charge >= 0.3 is 0 Å². The average Bonchev–Trinajstić information content (AvgIpc) is 2.22. The van der Waals surface area contributed by atoms with E-state index in [9.17, 15) is 4.39 Å². The first-order valence-electron chi connectivity index (χ1n) is 3.11. The summed E-state index contributed by atoms with van der Waals surface area (Å²) in [4.78, 5) is 0. The van der Waals surface area contributed by atoms with Crippen LogP contribution in [0.15, 0.2) is 0 Å². The Labute approximate surface area is 62.0 Å². The van der Waals surface area contributed by atoms with Gasteiger partial charge in [0.25, 0.3) is 0 Å². The second-order valence-corrected chi connectivity index (χ2v) is 4.47. The molecule has 8 heavy (non-hydrogen) atoms. The molecule has 2 rings (SSSR count).